The summed E-state index contributed by atoms with van der Waals surface area (Å²) in [5.41, 5.74) is -0.546. The molecule has 0 fully saturated rings. The molecule has 24 heavy (non-hydrogen) atoms. The first kappa shape index (κ1) is 17.9. The zero-order valence-electron chi connectivity index (χ0n) is 13.1. The third kappa shape index (κ3) is 3.92. The molecule has 9 nitrogen and oxygen atoms in total. The van der Waals surface area contributed by atoms with Gasteiger partial charge in [0, 0.05) is 6.07 Å². The van der Waals surface area contributed by atoms with Crippen LogP contribution in [0, 0.1) is 10.1 Å². The highest BCUT2D eigenvalue weighted by molar-refractivity contribution is 8.01. The second kappa shape index (κ2) is 7.93. The summed E-state index contributed by atoms with van der Waals surface area (Å²) in [5, 5.41) is 21.8. The fourth-order valence-corrected chi connectivity index (χ4v) is 3.45. The summed E-state index contributed by atoms with van der Waals surface area (Å²) in [6.45, 7) is 1.97. The van der Waals surface area contributed by atoms with E-state index in [1.165, 1.54) is 43.4 Å². The second-order valence-corrected chi connectivity index (χ2v) is 6.73. The van der Waals surface area contributed by atoms with Gasteiger partial charge in [0.15, 0.2) is 15.8 Å². The van der Waals surface area contributed by atoms with Gasteiger partial charge in [-0.2, -0.15) is 0 Å². The summed E-state index contributed by atoms with van der Waals surface area (Å²) in [5.74, 6) is 0.530. The third-order valence-electron chi connectivity index (χ3n) is 2.84. The van der Waals surface area contributed by atoms with Gasteiger partial charge in [-0.1, -0.05) is 30.0 Å². The van der Waals surface area contributed by atoms with E-state index in [1.807, 2.05) is 6.92 Å². The predicted molar refractivity (Wildman–Crippen MR) is 90.5 cm³/mol. The molecule has 0 unspecified atom stereocenters. The van der Waals surface area contributed by atoms with Crippen molar-refractivity contribution in [3.63, 3.8) is 0 Å². The molecule has 1 amide bonds. The minimum absolute atomic E-state index is 0.155. The number of benzene rings is 1. The van der Waals surface area contributed by atoms with Crippen molar-refractivity contribution in [2.45, 2.75) is 11.3 Å². The molecule has 0 radical (unpaired) electrons. The molecule has 0 atom stereocenters. The van der Waals surface area contributed by atoms with Crippen molar-refractivity contribution in [1.82, 2.24) is 10.2 Å². The summed E-state index contributed by atoms with van der Waals surface area (Å²) < 4.78 is 10.8. The summed E-state index contributed by atoms with van der Waals surface area (Å²) in [6, 6.07) is 2.40. The van der Waals surface area contributed by atoms with Crippen LogP contribution in [0.1, 0.15) is 17.3 Å². The Morgan fingerprint density at radius 2 is 2.00 bits per heavy atom. The fraction of sp³-hybridized carbons (Fsp3) is 0.308. The lowest BCUT2D eigenvalue weighted by Gasteiger charge is -2.10. The minimum Gasteiger partial charge on any atom is -0.493 e. The predicted octanol–water partition coefficient (Wildman–Crippen LogP) is 2.83. The number of hydrogen-bond acceptors (Lipinski definition) is 9. The molecule has 0 aliphatic heterocycles. The Kier molecular flexibility index (Phi) is 5.93. The van der Waals surface area contributed by atoms with Gasteiger partial charge in [0.2, 0.25) is 5.13 Å². The number of aromatic nitrogens is 2. The van der Waals surface area contributed by atoms with Crippen LogP contribution in [0.2, 0.25) is 0 Å². The molecule has 0 spiro atoms. The number of nitro groups is 1. The number of anilines is 1. The maximum Gasteiger partial charge on any atom is 0.286 e. The monoisotopic (exact) mass is 370 g/mol. The second-order valence-electron chi connectivity index (χ2n) is 4.24. The molecule has 0 aliphatic carbocycles. The highest BCUT2D eigenvalue weighted by Gasteiger charge is 2.25. The lowest BCUT2D eigenvalue weighted by molar-refractivity contribution is -0.385. The van der Waals surface area contributed by atoms with Crippen LogP contribution in [0.25, 0.3) is 0 Å². The highest BCUT2D eigenvalue weighted by Crippen LogP contribution is 2.35. The molecular formula is C13H14N4O5S2. The molecule has 1 aromatic heterocycles. The lowest BCUT2D eigenvalue weighted by atomic mass is 10.1. The number of ether oxygens (including phenoxy) is 2. The molecule has 2 aromatic rings. The average molecular weight is 370 g/mol. The van der Waals surface area contributed by atoms with Crippen LogP contribution in [0.4, 0.5) is 10.8 Å². The van der Waals surface area contributed by atoms with Gasteiger partial charge < -0.3 is 9.47 Å². The zero-order valence-corrected chi connectivity index (χ0v) is 14.7. The fourth-order valence-electron chi connectivity index (χ4n) is 1.81. The Hall–Kier alpha value is -2.40. The number of nitrogens with one attached hydrogen (secondary N) is 1. The standard InChI is InChI=1S/C13H14N4O5S2/c1-4-23-13-16-15-12(24-13)14-11(18)7-5-9(21-2)10(22-3)6-8(7)17(19)20/h5-6H,4H2,1-3H3,(H,14,15,18). The van der Waals surface area contributed by atoms with Gasteiger partial charge in [-0.05, 0) is 5.75 Å². The first-order chi connectivity index (χ1) is 11.5. The van der Waals surface area contributed by atoms with Crippen molar-refractivity contribution in [2.75, 3.05) is 25.3 Å². The van der Waals surface area contributed by atoms with Crippen LogP contribution >= 0.6 is 23.1 Å². The first-order valence-corrected chi connectivity index (χ1v) is 8.48. The van der Waals surface area contributed by atoms with E-state index in [0.29, 0.717) is 4.34 Å². The Balaban J connectivity index is 2.34. The van der Waals surface area contributed by atoms with Gasteiger partial charge >= 0.3 is 0 Å². The Morgan fingerprint density at radius 1 is 1.33 bits per heavy atom. The van der Waals surface area contributed by atoms with E-state index in [0.717, 1.165) is 11.8 Å². The Labute approximate surface area is 145 Å². The Bertz CT molecular complexity index is 765. The van der Waals surface area contributed by atoms with E-state index in [9.17, 15) is 14.9 Å². The molecular weight excluding hydrogens is 356 g/mol. The molecule has 2 rings (SSSR count). The summed E-state index contributed by atoms with van der Waals surface area (Å²) >= 11 is 2.68. The van der Waals surface area contributed by atoms with E-state index in [-0.39, 0.29) is 22.2 Å². The quantitative estimate of drug-likeness (QED) is 0.342. The van der Waals surface area contributed by atoms with Crippen LogP contribution in [0.15, 0.2) is 16.5 Å². The van der Waals surface area contributed by atoms with Crippen LogP contribution in [-0.4, -0.2) is 41.0 Å². The lowest BCUT2D eigenvalue weighted by Crippen LogP contribution is -2.14. The smallest absolute Gasteiger partial charge is 0.286 e. The molecule has 0 aliphatic rings. The van der Waals surface area contributed by atoms with Crippen LogP contribution in [-0.2, 0) is 0 Å². The molecule has 1 N–H and O–H groups in total. The van der Waals surface area contributed by atoms with E-state index >= 15 is 0 Å². The van der Waals surface area contributed by atoms with Crippen molar-refractivity contribution >= 4 is 39.8 Å². The van der Waals surface area contributed by atoms with Gasteiger partial charge in [0.1, 0.15) is 5.56 Å². The molecule has 0 saturated carbocycles. The van der Waals surface area contributed by atoms with Crippen molar-refractivity contribution in [3.05, 3.63) is 27.8 Å². The number of nitro benzene ring substituents is 1. The van der Waals surface area contributed by atoms with Crippen LogP contribution in [0.3, 0.4) is 0 Å². The van der Waals surface area contributed by atoms with Gasteiger partial charge in [-0.25, -0.2) is 0 Å². The van der Waals surface area contributed by atoms with Crippen LogP contribution < -0.4 is 14.8 Å². The maximum absolute atomic E-state index is 12.4. The van der Waals surface area contributed by atoms with E-state index in [1.54, 1.807) is 0 Å². The van der Waals surface area contributed by atoms with Gasteiger partial charge in [-0.15, -0.1) is 10.2 Å². The molecule has 0 bridgehead atoms. The van der Waals surface area contributed by atoms with Crippen molar-refractivity contribution in [1.29, 1.82) is 0 Å². The normalized spacial score (nSPS) is 10.3. The minimum atomic E-state index is -0.674. The van der Waals surface area contributed by atoms with Crippen LogP contribution in [0.5, 0.6) is 11.5 Å². The Morgan fingerprint density at radius 3 is 2.58 bits per heavy atom. The zero-order chi connectivity index (χ0) is 17.7. The topological polar surface area (TPSA) is 116 Å². The van der Waals surface area contributed by atoms with Gasteiger partial charge in [0.05, 0.1) is 25.2 Å². The van der Waals surface area contributed by atoms with Crippen molar-refractivity contribution in [3.8, 4) is 11.5 Å². The number of carbonyl (C=O) groups excluding carboxylic acids is 1. The number of hydrogen-bond donors (Lipinski definition) is 1. The number of carbonyl (C=O) groups is 1. The largest absolute Gasteiger partial charge is 0.493 e. The number of nitrogens with zero attached hydrogens (tertiary/aromatic N) is 3. The molecule has 0 saturated heterocycles. The molecule has 1 aromatic carbocycles. The maximum atomic E-state index is 12.4. The number of thioether (sulfide) groups is 1. The number of rotatable bonds is 7. The average Bonchev–Trinajstić information content (AvgIpc) is 3.00. The van der Waals surface area contributed by atoms with Gasteiger partial charge in [-0.3, -0.25) is 20.2 Å². The molecule has 11 heteroatoms. The molecule has 1 heterocycles. The number of methoxy groups -OCH3 is 2. The SMILES string of the molecule is CCSc1nnc(NC(=O)c2cc(OC)c(OC)cc2[N+](=O)[O-])s1. The van der Waals surface area contributed by atoms with Gasteiger partial charge in [0.25, 0.3) is 11.6 Å². The van der Waals surface area contributed by atoms with E-state index in [4.69, 9.17) is 9.47 Å². The first-order valence-electron chi connectivity index (χ1n) is 6.68. The van der Waals surface area contributed by atoms with Crippen molar-refractivity contribution < 1.29 is 19.2 Å². The number of amides is 1. The van der Waals surface area contributed by atoms with Crippen molar-refractivity contribution in [2.24, 2.45) is 0 Å². The van der Waals surface area contributed by atoms with E-state index in [2.05, 4.69) is 15.5 Å². The highest BCUT2D eigenvalue weighted by atomic mass is 32.2. The molecule has 128 valence electrons. The third-order valence-corrected chi connectivity index (χ3v) is 4.69. The van der Waals surface area contributed by atoms with E-state index < -0.39 is 16.5 Å². The summed E-state index contributed by atoms with van der Waals surface area (Å²) in [4.78, 5) is 23.0. The summed E-state index contributed by atoms with van der Waals surface area (Å²) in [6.07, 6.45) is 0. The summed E-state index contributed by atoms with van der Waals surface area (Å²) in [7, 11) is 2.74.